The molecule has 0 unspecified atom stereocenters. The molecule has 0 bridgehead atoms. The van der Waals surface area contributed by atoms with Gasteiger partial charge in [-0.3, -0.25) is 14.5 Å². The van der Waals surface area contributed by atoms with Crippen molar-refractivity contribution in [2.45, 2.75) is 75.8 Å². The Labute approximate surface area is 259 Å². The third kappa shape index (κ3) is 6.97. The third-order valence-electron chi connectivity index (χ3n) is 10.2. The lowest BCUT2D eigenvalue weighted by Gasteiger charge is -2.40. The van der Waals surface area contributed by atoms with Gasteiger partial charge in [-0.1, -0.05) is 61.7 Å². The van der Waals surface area contributed by atoms with Crippen LogP contribution in [0.1, 0.15) is 74.5 Å². The van der Waals surface area contributed by atoms with Crippen LogP contribution in [0, 0.1) is 23.2 Å². The van der Waals surface area contributed by atoms with E-state index in [2.05, 4.69) is 21.9 Å². The molecule has 2 aliphatic heterocycles. The largest absolute Gasteiger partial charge is 0.480 e. The minimum atomic E-state index is -3.67. The molecule has 2 aromatic carbocycles. The van der Waals surface area contributed by atoms with E-state index in [-0.39, 0.29) is 35.9 Å². The van der Waals surface area contributed by atoms with E-state index in [1.54, 1.807) is 6.92 Å². The van der Waals surface area contributed by atoms with E-state index >= 15 is 8.78 Å². The average Bonchev–Trinajstić information content (AvgIpc) is 3.45. The number of carboxylic acid groups (broad SMARTS) is 1. The second-order valence-electron chi connectivity index (χ2n) is 12.8. The number of carboxylic acids is 1. The number of amides is 1. The first-order valence-electron chi connectivity index (χ1n) is 16.2. The lowest BCUT2D eigenvalue weighted by molar-refractivity contribution is -0.162. The fourth-order valence-corrected chi connectivity index (χ4v) is 7.87. The molecule has 3 aliphatic rings. The number of nitrogens with zero attached hydrogens (tertiary/aromatic N) is 4. The van der Waals surface area contributed by atoms with Crippen molar-refractivity contribution in [3.63, 3.8) is 0 Å². The average molecular weight is 607 g/mol. The molecule has 236 valence electrons. The SMILES string of the molecule is CCN(C(=O)C(F)(F)c1ccc(C#N)cc1)C1CCN(C[C@H]2CN([C@@H](C(=O)O)C3CCCCC3)C[C@@H]2c2ccccc2)CC1. The Bertz CT molecular complexity index is 1300. The molecule has 0 radical (unpaired) electrons. The molecular formula is C35H44F2N4O3. The van der Waals surface area contributed by atoms with E-state index in [1.165, 1.54) is 29.0 Å². The maximum absolute atomic E-state index is 15.3. The Hall–Kier alpha value is -3.35. The number of halogens is 2. The highest BCUT2D eigenvalue weighted by Gasteiger charge is 2.46. The molecule has 44 heavy (non-hydrogen) atoms. The normalized spacial score (nSPS) is 23.2. The van der Waals surface area contributed by atoms with Crippen LogP contribution in [-0.2, 0) is 15.5 Å². The number of hydrogen-bond acceptors (Lipinski definition) is 5. The fourth-order valence-electron chi connectivity index (χ4n) is 7.87. The summed E-state index contributed by atoms with van der Waals surface area (Å²) in [5, 5.41) is 19.3. The number of aliphatic carboxylic acids is 1. The molecule has 0 spiro atoms. The molecule has 1 saturated carbocycles. The van der Waals surface area contributed by atoms with Crippen LogP contribution in [-0.4, -0.2) is 83.0 Å². The van der Waals surface area contributed by atoms with Crippen molar-refractivity contribution >= 4 is 11.9 Å². The van der Waals surface area contributed by atoms with Crippen LogP contribution in [0.25, 0.3) is 0 Å². The maximum atomic E-state index is 15.3. The van der Waals surface area contributed by atoms with Gasteiger partial charge < -0.3 is 14.9 Å². The van der Waals surface area contributed by atoms with Crippen molar-refractivity contribution in [3.05, 3.63) is 71.3 Å². The van der Waals surface area contributed by atoms with Gasteiger partial charge in [0.25, 0.3) is 5.91 Å². The van der Waals surface area contributed by atoms with Gasteiger partial charge in [0.05, 0.1) is 11.6 Å². The molecule has 1 amide bonds. The Morgan fingerprint density at radius 3 is 2.25 bits per heavy atom. The van der Waals surface area contributed by atoms with Crippen LogP contribution in [0.2, 0.25) is 0 Å². The molecule has 5 rings (SSSR count). The van der Waals surface area contributed by atoms with Crippen molar-refractivity contribution in [2.24, 2.45) is 11.8 Å². The van der Waals surface area contributed by atoms with Crippen molar-refractivity contribution in [1.82, 2.24) is 14.7 Å². The lowest BCUT2D eigenvalue weighted by Crippen LogP contribution is -2.52. The lowest BCUT2D eigenvalue weighted by atomic mass is 9.83. The monoisotopic (exact) mass is 606 g/mol. The highest BCUT2D eigenvalue weighted by Crippen LogP contribution is 2.39. The number of carbonyl (C=O) groups is 2. The molecule has 2 heterocycles. The van der Waals surface area contributed by atoms with Crippen molar-refractivity contribution in [1.29, 1.82) is 5.26 Å². The van der Waals surface area contributed by atoms with Crippen LogP contribution in [0.5, 0.6) is 0 Å². The van der Waals surface area contributed by atoms with Crippen LogP contribution in [0.4, 0.5) is 8.78 Å². The van der Waals surface area contributed by atoms with E-state index in [0.717, 1.165) is 57.5 Å². The summed E-state index contributed by atoms with van der Waals surface area (Å²) in [6.45, 7) is 5.58. The van der Waals surface area contributed by atoms with Crippen LogP contribution in [0.3, 0.4) is 0 Å². The summed E-state index contributed by atoms with van der Waals surface area (Å²) in [6.07, 6.45) is 6.53. The number of likely N-dealkylation sites (tertiary alicyclic amines) is 2. The number of carbonyl (C=O) groups excluding carboxylic acids is 1. The molecule has 3 fully saturated rings. The first kappa shape index (κ1) is 32.1. The number of hydrogen-bond donors (Lipinski definition) is 1. The van der Waals surface area contributed by atoms with Gasteiger partial charge in [0.1, 0.15) is 6.04 Å². The highest BCUT2D eigenvalue weighted by atomic mass is 19.3. The van der Waals surface area contributed by atoms with Crippen molar-refractivity contribution in [2.75, 3.05) is 39.3 Å². The summed E-state index contributed by atoms with van der Waals surface area (Å²) in [5.41, 5.74) is 1.10. The molecule has 9 heteroatoms. The minimum Gasteiger partial charge on any atom is -0.480 e. The summed E-state index contributed by atoms with van der Waals surface area (Å²) in [4.78, 5) is 31.6. The van der Waals surface area contributed by atoms with Crippen LogP contribution in [0.15, 0.2) is 54.6 Å². The number of rotatable bonds is 10. The Kier molecular flexibility index (Phi) is 10.3. The highest BCUT2D eigenvalue weighted by molar-refractivity contribution is 5.85. The first-order chi connectivity index (χ1) is 21.2. The quantitative estimate of drug-likeness (QED) is 0.373. The zero-order valence-corrected chi connectivity index (χ0v) is 25.6. The van der Waals surface area contributed by atoms with Crippen LogP contribution < -0.4 is 0 Å². The number of likely N-dealkylation sites (N-methyl/N-ethyl adjacent to an activating group) is 1. The minimum absolute atomic E-state index is 0.187. The predicted molar refractivity (Wildman–Crippen MR) is 164 cm³/mol. The number of alkyl halides is 2. The van der Waals surface area contributed by atoms with Crippen molar-refractivity contribution in [3.8, 4) is 6.07 Å². The Morgan fingerprint density at radius 2 is 1.66 bits per heavy atom. The summed E-state index contributed by atoms with van der Waals surface area (Å²) in [5.74, 6) is -4.92. The second-order valence-corrected chi connectivity index (χ2v) is 12.8. The maximum Gasteiger partial charge on any atom is 0.349 e. The first-order valence-corrected chi connectivity index (χ1v) is 16.2. The third-order valence-corrected chi connectivity index (χ3v) is 10.2. The van der Waals surface area contributed by atoms with Gasteiger partial charge in [-0.2, -0.15) is 14.0 Å². The van der Waals surface area contributed by atoms with E-state index < -0.39 is 29.4 Å². The topological polar surface area (TPSA) is 87.9 Å². The molecule has 3 atom stereocenters. The van der Waals surface area contributed by atoms with Gasteiger partial charge in [-0.25, -0.2) is 0 Å². The van der Waals surface area contributed by atoms with Gasteiger partial charge in [0, 0.05) is 56.8 Å². The molecule has 1 N–H and O–H groups in total. The molecule has 0 aromatic heterocycles. The van der Waals surface area contributed by atoms with E-state index in [9.17, 15) is 14.7 Å². The van der Waals surface area contributed by atoms with E-state index in [0.29, 0.717) is 25.9 Å². The van der Waals surface area contributed by atoms with Gasteiger partial charge in [0.2, 0.25) is 0 Å². The molecule has 7 nitrogen and oxygen atoms in total. The zero-order chi connectivity index (χ0) is 31.3. The number of benzene rings is 2. The van der Waals surface area contributed by atoms with E-state index in [1.807, 2.05) is 24.3 Å². The van der Waals surface area contributed by atoms with Gasteiger partial charge in [-0.15, -0.1) is 0 Å². The molecular weight excluding hydrogens is 562 g/mol. The molecule has 1 aliphatic carbocycles. The number of nitriles is 1. The van der Waals surface area contributed by atoms with Gasteiger partial charge in [-0.05, 0) is 62.1 Å². The van der Waals surface area contributed by atoms with Gasteiger partial charge >= 0.3 is 11.9 Å². The summed E-state index contributed by atoms with van der Waals surface area (Å²) >= 11 is 0. The zero-order valence-electron chi connectivity index (χ0n) is 25.6. The van der Waals surface area contributed by atoms with E-state index in [4.69, 9.17) is 5.26 Å². The fraction of sp³-hybridized carbons (Fsp3) is 0.571. The van der Waals surface area contributed by atoms with Crippen LogP contribution >= 0.6 is 0 Å². The summed E-state index contributed by atoms with van der Waals surface area (Å²) < 4.78 is 30.6. The number of piperidine rings is 1. The molecule has 2 saturated heterocycles. The Morgan fingerprint density at radius 1 is 1.00 bits per heavy atom. The summed E-state index contributed by atoms with van der Waals surface area (Å²) in [7, 11) is 0. The molecule has 2 aromatic rings. The smallest absolute Gasteiger partial charge is 0.349 e. The Balaban J connectivity index is 1.24. The second kappa shape index (κ2) is 14.2. The van der Waals surface area contributed by atoms with Gasteiger partial charge in [0.15, 0.2) is 0 Å². The standard InChI is InChI=1S/C35H44F2N4O3/c1-2-41(34(44)35(36,37)29-15-13-25(21-38)14-16-29)30-17-19-39(20-18-30)22-28-23-40(24-31(28)26-9-5-3-6-10-26)32(33(42)43)27-11-7-4-8-12-27/h3,5-6,9-10,13-16,27-28,30-32H,2,4,7-8,11-12,17-20,22-24H2,1H3,(H,42,43)/t28-,31+,32+/m0/s1. The predicted octanol–water partition coefficient (Wildman–Crippen LogP) is 5.71. The summed E-state index contributed by atoms with van der Waals surface area (Å²) in [6, 6.07) is 16.5. The van der Waals surface area contributed by atoms with Crippen molar-refractivity contribution < 1.29 is 23.5 Å².